The Morgan fingerprint density at radius 1 is 1.38 bits per heavy atom. The predicted molar refractivity (Wildman–Crippen MR) is 48.8 cm³/mol. The van der Waals surface area contributed by atoms with Gasteiger partial charge in [-0.2, -0.15) is 0 Å². The summed E-state index contributed by atoms with van der Waals surface area (Å²) in [6.07, 6.45) is 0. The van der Waals surface area contributed by atoms with Crippen molar-refractivity contribution in [2.75, 3.05) is 0 Å². The lowest BCUT2D eigenvalue weighted by molar-refractivity contribution is 0.0696. The van der Waals surface area contributed by atoms with E-state index in [1.807, 2.05) is 6.92 Å². The van der Waals surface area contributed by atoms with Crippen molar-refractivity contribution in [3.05, 3.63) is 34.4 Å². The summed E-state index contributed by atoms with van der Waals surface area (Å²) in [4.78, 5) is 10.7. The highest BCUT2D eigenvalue weighted by molar-refractivity contribution is 5.89. The fourth-order valence-corrected chi connectivity index (χ4v) is 1.37. The van der Waals surface area contributed by atoms with Gasteiger partial charge < -0.3 is 10.2 Å². The summed E-state index contributed by atoms with van der Waals surface area (Å²) in [5.74, 6) is -0.952. The second-order valence-corrected chi connectivity index (χ2v) is 3.00. The molecule has 0 aromatic heterocycles. The first-order chi connectivity index (χ1) is 6.07. The van der Waals surface area contributed by atoms with Gasteiger partial charge in [0, 0.05) is 0 Å². The van der Waals surface area contributed by atoms with Crippen LogP contribution >= 0.6 is 0 Å². The number of rotatable bonds is 2. The van der Waals surface area contributed by atoms with Gasteiger partial charge in [-0.3, -0.25) is 0 Å². The van der Waals surface area contributed by atoms with Gasteiger partial charge in [0.25, 0.3) is 0 Å². The van der Waals surface area contributed by atoms with Crippen molar-refractivity contribution in [1.82, 2.24) is 0 Å². The summed E-state index contributed by atoms with van der Waals surface area (Å²) in [6, 6.07) is 3.27. The van der Waals surface area contributed by atoms with Crippen molar-refractivity contribution in [2.24, 2.45) is 0 Å². The van der Waals surface area contributed by atoms with Crippen molar-refractivity contribution < 1.29 is 15.0 Å². The minimum atomic E-state index is -0.952. The molecule has 0 radical (unpaired) electrons. The number of hydrogen-bond donors (Lipinski definition) is 2. The van der Waals surface area contributed by atoms with Crippen LogP contribution in [0.2, 0.25) is 0 Å². The van der Waals surface area contributed by atoms with Crippen molar-refractivity contribution >= 4 is 5.97 Å². The number of aromatic carboxylic acids is 1. The molecule has 3 nitrogen and oxygen atoms in total. The second kappa shape index (κ2) is 3.58. The summed E-state index contributed by atoms with van der Waals surface area (Å²) in [5.41, 5.74) is 2.54. The summed E-state index contributed by atoms with van der Waals surface area (Å²) >= 11 is 0. The molecule has 1 aromatic carbocycles. The Morgan fingerprint density at radius 3 is 2.46 bits per heavy atom. The monoisotopic (exact) mass is 180 g/mol. The molecule has 1 aromatic rings. The maximum absolute atomic E-state index is 10.7. The molecule has 0 atom stereocenters. The Labute approximate surface area is 76.6 Å². The SMILES string of the molecule is Cc1ccc(C(=O)O)c(C)c1CO. The van der Waals surface area contributed by atoms with Gasteiger partial charge in [0.2, 0.25) is 0 Å². The maximum atomic E-state index is 10.7. The fraction of sp³-hybridized carbons (Fsp3) is 0.300. The Hall–Kier alpha value is -1.35. The summed E-state index contributed by atoms with van der Waals surface area (Å²) in [7, 11) is 0. The van der Waals surface area contributed by atoms with Crippen molar-refractivity contribution in [1.29, 1.82) is 0 Å². The van der Waals surface area contributed by atoms with Crippen LogP contribution in [0.5, 0.6) is 0 Å². The first-order valence-corrected chi connectivity index (χ1v) is 4.01. The average Bonchev–Trinajstić information content (AvgIpc) is 2.04. The molecule has 0 bridgehead atoms. The van der Waals surface area contributed by atoms with Crippen LogP contribution in [0.4, 0.5) is 0 Å². The molecule has 0 aliphatic carbocycles. The van der Waals surface area contributed by atoms with E-state index in [2.05, 4.69) is 0 Å². The number of aliphatic hydroxyl groups excluding tert-OH is 1. The van der Waals surface area contributed by atoms with Gasteiger partial charge in [-0.15, -0.1) is 0 Å². The van der Waals surface area contributed by atoms with Gasteiger partial charge in [-0.05, 0) is 36.6 Å². The molecule has 2 N–H and O–H groups in total. The Morgan fingerprint density at radius 2 is 2.00 bits per heavy atom. The van der Waals surface area contributed by atoms with Gasteiger partial charge in [0.15, 0.2) is 0 Å². The third kappa shape index (κ3) is 1.70. The standard InChI is InChI=1S/C10H12O3/c1-6-3-4-8(10(12)13)7(2)9(6)5-11/h3-4,11H,5H2,1-2H3,(H,12,13). The number of hydrogen-bond acceptors (Lipinski definition) is 2. The molecule has 0 aliphatic rings. The number of aliphatic hydroxyl groups is 1. The third-order valence-electron chi connectivity index (χ3n) is 2.22. The lowest BCUT2D eigenvalue weighted by Gasteiger charge is -2.09. The quantitative estimate of drug-likeness (QED) is 0.725. The number of carbonyl (C=O) groups is 1. The minimum absolute atomic E-state index is 0.112. The Bertz CT molecular complexity index is 342. The van der Waals surface area contributed by atoms with E-state index in [9.17, 15) is 4.79 Å². The molecule has 3 heteroatoms. The van der Waals surface area contributed by atoms with E-state index >= 15 is 0 Å². The zero-order chi connectivity index (χ0) is 10.0. The normalized spacial score (nSPS) is 10.1. The zero-order valence-electron chi connectivity index (χ0n) is 7.66. The molecule has 1 rings (SSSR count). The van der Waals surface area contributed by atoms with Gasteiger partial charge >= 0.3 is 5.97 Å². The highest BCUT2D eigenvalue weighted by atomic mass is 16.4. The average molecular weight is 180 g/mol. The van der Waals surface area contributed by atoms with Crippen molar-refractivity contribution in [3.63, 3.8) is 0 Å². The predicted octanol–water partition coefficient (Wildman–Crippen LogP) is 1.49. The lowest BCUT2D eigenvalue weighted by atomic mass is 9.98. The van der Waals surface area contributed by atoms with E-state index in [1.165, 1.54) is 0 Å². The van der Waals surface area contributed by atoms with E-state index < -0.39 is 5.97 Å². The van der Waals surface area contributed by atoms with Crippen LogP contribution in [0.15, 0.2) is 12.1 Å². The van der Waals surface area contributed by atoms with Crippen LogP contribution in [0.3, 0.4) is 0 Å². The molecule has 0 saturated carbocycles. The summed E-state index contributed by atoms with van der Waals surface area (Å²) in [6.45, 7) is 3.45. The molecule has 0 saturated heterocycles. The maximum Gasteiger partial charge on any atom is 0.335 e. The van der Waals surface area contributed by atoms with E-state index in [0.29, 0.717) is 11.1 Å². The van der Waals surface area contributed by atoms with Gasteiger partial charge in [-0.25, -0.2) is 4.79 Å². The first-order valence-electron chi connectivity index (χ1n) is 4.01. The van der Waals surface area contributed by atoms with Crippen molar-refractivity contribution in [3.8, 4) is 0 Å². The zero-order valence-corrected chi connectivity index (χ0v) is 7.66. The molecule has 70 valence electrons. The molecule has 0 unspecified atom stereocenters. The van der Waals surface area contributed by atoms with E-state index in [4.69, 9.17) is 10.2 Å². The second-order valence-electron chi connectivity index (χ2n) is 3.00. The molecule has 0 amide bonds. The topological polar surface area (TPSA) is 57.5 Å². The lowest BCUT2D eigenvalue weighted by Crippen LogP contribution is -2.04. The molecule has 0 spiro atoms. The molecular weight excluding hydrogens is 168 g/mol. The summed E-state index contributed by atoms with van der Waals surface area (Å²) in [5, 5.41) is 17.8. The van der Waals surface area contributed by atoms with Crippen LogP contribution in [0, 0.1) is 13.8 Å². The van der Waals surface area contributed by atoms with Gasteiger partial charge in [-0.1, -0.05) is 6.07 Å². The fourth-order valence-electron chi connectivity index (χ4n) is 1.37. The first kappa shape index (κ1) is 9.74. The van der Waals surface area contributed by atoms with Crippen LogP contribution in [0.25, 0.3) is 0 Å². The molecule has 0 aliphatic heterocycles. The van der Waals surface area contributed by atoms with E-state index in [0.717, 1.165) is 5.56 Å². The van der Waals surface area contributed by atoms with Crippen LogP contribution in [0.1, 0.15) is 27.0 Å². The number of benzene rings is 1. The number of carboxylic acids is 1. The van der Waals surface area contributed by atoms with Crippen molar-refractivity contribution in [2.45, 2.75) is 20.5 Å². The third-order valence-corrected chi connectivity index (χ3v) is 2.22. The van der Waals surface area contributed by atoms with Crippen LogP contribution < -0.4 is 0 Å². The Balaban J connectivity index is 3.35. The largest absolute Gasteiger partial charge is 0.478 e. The van der Waals surface area contributed by atoms with Gasteiger partial charge in [0.05, 0.1) is 12.2 Å². The number of carboxylic acid groups (broad SMARTS) is 1. The van der Waals surface area contributed by atoms with E-state index in [-0.39, 0.29) is 12.2 Å². The summed E-state index contributed by atoms with van der Waals surface area (Å²) < 4.78 is 0. The minimum Gasteiger partial charge on any atom is -0.478 e. The van der Waals surface area contributed by atoms with Gasteiger partial charge in [0.1, 0.15) is 0 Å². The molecular formula is C10H12O3. The highest BCUT2D eigenvalue weighted by Crippen LogP contribution is 2.17. The van der Waals surface area contributed by atoms with Crippen LogP contribution in [-0.4, -0.2) is 16.2 Å². The van der Waals surface area contributed by atoms with E-state index in [1.54, 1.807) is 19.1 Å². The number of aryl methyl sites for hydroxylation is 1. The smallest absolute Gasteiger partial charge is 0.335 e. The Kier molecular flexibility index (Phi) is 2.68. The molecule has 0 fully saturated rings. The highest BCUT2D eigenvalue weighted by Gasteiger charge is 2.11. The molecule has 0 heterocycles. The van der Waals surface area contributed by atoms with Crippen LogP contribution in [-0.2, 0) is 6.61 Å². The molecule has 13 heavy (non-hydrogen) atoms.